The van der Waals surface area contributed by atoms with E-state index in [1.165, 1.54) is 0 Å². The predicted molar refractivity (Wildman–Crippen MR) is 37.4 cm³/mol. The van der Waals surface area contributed by atoms with Gasteiger partial charge in [-0.05, 0) is 18.8 Å². The summed E-state index contributed by atoms with van der Waals surface area (Å²) in [6, 6.07) is 0. The van der Waals surface area contributed by atoms with Crippen molar-refractivity contribution in [3.63, 3.8) is 0 Å². The molecule has 0 spiro atoms. The van der Waals surface area contributed by atoms with Crippen molar-refractivity contribution in [1.82, 2.24) is 0 Å². The van der Waals surface area contributed by atoms with E-state index in [0.717, 1.165) is 0 Å². The molecule has 0 N–H and O–H groups in total. The summed E-state index contributed by atoms with van der Waals surface area (Å²) in [5.41, 5.74) is 0. The van der Waals surface area contributed by atoms with Crippen LogP contribution in [0, 0.1) is 11.8 Å². The normalized spacial score (nSPS) is 49.2. The highest BCUT2D eigenvalue weighted by molar-refractivity contribution is 4.83. The Kier molecular flexibility index (Phi) is 2.27. The van der Waals surface area contributed by atoms with Crippen molar-refractivity contribution >= 4 is 0 Å². The van der Waals surface area contributed by atoms with E-state index in [1.807, 2.05) is 6.92 Å². The highest BCUT2D eigenvalue weighted by Crippen LogP contribution is 2.33. The van der Waals surface area contributed by atoms with Gasteiger partial charge in [-0.15, -0.1) is 0 Å². The molecule has 0 radical (unpaired) electrons. The van der Waals surface area contributed by atoms with Gasteiger partial charge in [-0.25, -0.2) is 8.78 Å². The lowest BCUT2D eigenvalue weighted by atomic mass is 9.80. The first-order chi connectivity index (χ1) is 4.63. The fraction of sp³-hybridized carbons (Fsp3) is 1.00. The van der Waals surface area contributed by atoms with Crippen molar-refractivity contribution in [2.75, 3.05) is 0 Å². The van der Waals surface area contributed by atoms with Gasteiger partial charge in [0.1, 0.15) is 12.3 Å². The van der Waals surface area contributed by atoms with E-state index in [9.17, 15) is 8.78 Å². The average molecular weight is 148 g/mol. The summed E-state index contributed by atoms with van der Waals surface area (Å²) in [6.07, 6.45) is -0.593. The summed E-state index contributed by atoms with van der Waals surface area (Å²) in [7, 11) is 0. The van der Waals surface area contributed by atoms with Crippen LogP contribution in [0.25, 0.3) is 0 Å². The molecule has 4 atom stereocenters. The Bertz CT molecular complexity index is 99.8. The molecule has 4 unspecified atom stereocenters. The highest BCUT2D eigenvalue weighted by atomic mass is 19.1. The summed E-state index contributed by atoms with van der Waals surface area (Å²) >= 11 is 0. The molecule has 60 valence electrons. The molecule has 0 aromatic carbocycles. The average Bonchev–Trinajstić information content (AvgIpc) is 1.93. The minimum atomic E-state index is -0.927. The van der Waals surface area contributed by atoms with Crippen molar-refractivity contribution in [2.24, 2.45) is 11.8 Å². The Labute approximate surface area is 60.6 Å². The quantitative estimate of drug-likeness (QED) is 0.495. The molecule has 2 heteroatoms. The molecular formula is C8H14F2. The van der Waals surface area contributed by atoms with Crippen LogP contribution in [-0.4, -0.2) is 12.3 Å². The standard InChI is InChI=1S/C8H14F2/c1-5-3-4-7(9)6(2)8(5)10/h5-8H,3-4H2,1-2H3. The van der Waals surface area contributed by atoms with Crippen molar-refractivity contribution in [2.45, 2.75) is 39.0 Å². The van der Waals surface area contributed by atoms with Crippen LogP contribution in [0.3, 0.4) is 0 Å². The monoisotopic (exact) mass is 148 g/mol. The van der Waals surface area contributed by atoms with E-state index in [1.54, 1.807) is 6.92 Å². The topological polar surface area (TPSA) is 0 Å². The lowest BCUT2D eigenvalue weighted by Crippen LogP contribution is -2.34. The van der Waals surface area contributed by atoms with E-state index in [4.69, 9.17) is 0 Å². The van der Waals surface area contributed by atoms with Crippen molar-refractivity contribution in [3.05, 3.63) is 0 Å². The number of rotatable bonds is 0. The SMILES string of the molecule is CC1CCC(F)C(C)C1F. The van der Waals surface area contributed by atoms with E-state index in [0.29, 0.717) is 12.8 Å². The van der Waals surface area contributed by atoms with E-state index in [-0.39, 0.29) is 11.8 Å². The molecule has 0 nitrogen and oxygen atoms in total. The number of hydrogen-bond acceptors (Lipinski definition) is 0. The molecule has 0 aliphatic heterocycles. The van der Waals surface area contributed by atoms with Crippen LogP contribution in [0.1, 0.15) is 26.7 Å². The maximum absolute atomic E-state index is 13.0. The third-order valence-corrected chi connectivity index (χ3v) is 2.51. The van der Waals surface area contributed by atoms with Gasteiger partial charge < -0.3 is 0 Å². The molecule has 1 aliphatic rings. The van der Waals surface area contributed by atoms with Crippen LogP contribution in [0.2, 0.25) is 0 Å². The summed E-state index contributed by atoms with van der Waals surface area (Å²) in [4.78, 5) is 0. The summed E-state index contributed by atoms with van der Waals surface area (Å²) in [5.74, 6) is -0.328. The van der Waals surface area contributed by atoms with Crippen LogP contribution in [-0.2, 0) is 0 Å². The van der Waals surface area contributed by atoms with E-state index in [2.05, 4.69) is 0 Å². The molecule has 0 aromatic rings. The maximum atomic E-state index is 13.0. The fourth-order valence-electron chi connectivity index (χ4n) is 1.56. The molecule has 0 bridgehead atoms. The minimum Gasteiger partial charge on any atom is -0.247 e. The molecule has 0 saturated heterocycles. The Balaban J connectivity index is 2.52. The maximum Gasteiger partial charge on any atom is 0.108 e. The number of halogens is 2. The van der Waals surface area contributed by atoms with Gasteiger partial charge in [-0.2, -0.15) is 0 Å². The van der Waals surface area contributed by atoms with Gasteiger partial charge >= 0.3 is 0 Å². The third kappa shape index (κ3) is 1.30. The zero-order chi connectivity index (χ0) is 7.72. The second kappa shape index (κ2) is 2.85. The Morgan fingerprint density at radius 2 is 1.70 bits per heavy atom. The number of hydrogen-bond donors (Lipinski definition) is 0. The minimum absolute atomic E-state index is 0.0574. The largest absolute Gasteiger partial charge is 0.247 e. The molecule has 1 fully saturated rings. The summed E-state index contributed by atoms with van der Waals surface area (Å²) < 4.78 is 25.7. The van der Waals surface area contributed by atoms with Crippen molar-refractivity contribution in [3.8, 4) is 0 Å². The second-order valence-electron chi connectivity index (χ2n) is 3.37. The zero-order valence-electron chi connectivity index (χ0n) is 6.48. The molecular weight excluding hydrogens is 134 g/mol. The van der Waals surface area contributed by atoms with Gasteiger partial charge in [0.2, 0.25) is 0 Å². The van der Waals surface area contributed by atoms with Crippen LogP contribution >= 0.6 is 0 Å². The van der Waals surface area contributed by atoms with E-state index >= 15 is 0 Å². The van der Waals surface area contributed by atoms with E-state index < -0.39 is 12.3 Å². The predicted octanol–water partition coefficient (Wildman–Crippen LogP) is 2.73. The molecule has 0 aromatic heterocycles. The van der Waals surface area contributed by atoms with Gasteiger partial charge in [-0.3, -0.25) is 0 Å². The molecule has 1 aliphatic carbocycles. The van der Waals surface area contributed by atoms with Gasteiger partial charge in [-0.1, -0.05) is 13.8 Å². The molecule has 1 saturated carbocycles. The zero-order valence-corrected chi connectivity index (χ0v) is 6.48. The first kappa shape index (κ1) is 7.96. The first-order valence-corrected chi connectivity index (χ1v) is 3.91. The van der Waals surface area contributed by atoms with Crippen LogP contribution in [0.4, 0.5) is 8.78 Å². The van der Waals surface area contributed by atoms with Gasteiger partial charge in [0.05, 0.1) is 0 Å². The second-order valence-corrected chi connectivity index (χ2v) is 3.37. The lowest BCUT2D eigenvalue weighted by Gasteiger charge is -2.31. The summed E-state index contributed by atoms with van der Waals surface area (Å²) in [6.45, 7) is 3.51. The molecule has 10 heavy (non-hydrogen) atoms. The van der Waals surface area contributed by atoms with Crippen molar-refractivity contribution < 1.29 is 8.78 Å². The summed E-state index contributed by atoms with van der Waals surface area (Å²) in [5, 5.41) is 0. The van der Waals surface area contributed by atoms with Crippen LogP contribution in [0.15, 0.2) is 0 Å². The molecule has 0 heterocycles. The van der Waals surface area contributed by atoms with Crippen LogP contribution < -0.4 is 0 Å². The first-order valence-electron chi connectivity index (χ1n) is 3.91. The molecule has 0 amide bonds. The number of alkyl halides is 2. The van der Waals surface area contributed by atoms with Gasteiger partial charge in [0.15, 0.2) is 0 Å². The van der Waals surface area contributed by atoms with Crippen LogP contribution in [0.5, 0.6) is 0 Å². The van der Waals surface area contributed by atoms with Gasteiger partial charge in [0.25, 0.3) is 0 Å². The van der Waals surface area contributed by atoms with Gasteiger partial charge in [0, 0.05) is 5.92 Å². The third-order valence-electron chi connectivity index (χ3n) is 2.51. The highest BCUT2D eigenvalue weighted by Gasteiger charge is 2.34. The van der Waals surface area contributed by atoms with Crippen molar-refractivity contribution in [1.29, 1.82) is 0 Å². The lowest BCUT2D eigenvalue weighted by molar-refractivity contribution is 0.0483. The smallest absolute Gasteiger partial charge is 0.108 e. The Morgan fingerprint density at radius 1 is 1.10 bits per heavy atom. The Hall–Kier alpha value is -0.140. The fourth-order valence-corrected chi connectivity index (χ4v) is 1.56. The Morgan fingerprint density at radius 3 is 2.20 bits per heavy atom. The molecule has 1 rings (SSSR count).